The van der Waals surface area contributed by atoms with Crippen molar-refractivity contribution >= 4 is 28.2 Å². The summed E-state index contributed by atoms with van der Waals surface area (Å²) < 4.78 is 6.01. The molecule has 31 heavy (non-hydrogen) atoms. The quantitative estimate of drug-likeness (QED) is 0.577. The van der Waals surface area contributed by atoms with Gasteiger partial charge in [-0.05, 0) is 44.2 Å². The average Bonchev–Trinajstić information content (AvgIpc) is 2.92. The Hall–Kier alpha value is -3.18. The summed E-state index contributed by atoms with van der Waals surface area (Å²) in [5.74, 6) is 0.157. The molecule has 1 N–H and O–H groups in total. The minimum atomic E-state index is -1.80. The lowest BCUT2D eigenvalue weighted by Gasteiger charge is -2.22. The van der Waals surface area contributed by atoms with Gasteiger partial charge in [0.1, 0.15) is 11.5 Å². The van der Waals surface area contributed by atoms with Crippen LogP contribution in [0.2, 0.25) is 0 Å². The topological polar surface area (TPSA) is 66.8 Å². The normalized spacial score (nSPS) is 17.8. The van der Waals surface area contributed by atoms with E-state index >= 15 is 0 Å². The van der Waals surface area contributed by atoms with E-state index in [-0.39, 0.29) is 12.2 Å². The van der Waals surface area contributed by atoms with Crippen LogP contribution in [0.4, 0.5) is 5.69 Å². The summed E-state index contributed by atoms with van der Waals surface area (Å²) >= 11 is 0. The first-order chi connectivity index (χ1) is 14.8. The first-order valence-electron chi connectivity index (χ1n) is 10.6. The summed E-state index contributed by atoms with van der Waals surface area (Å²) in [5.41, 5.74) is 1.31. The number of rotatable bonds is 7. The van der Waals surface area contributed by atoms with Crippen LogP contribution in [-0.2, 0) is 15.2 Å². The van der Waals surface area contributed by atoms with Gasteiger partial charge in [0.25, 0.3) is 5.91 Å². The maximum absolute atomic E-state index is 13.2. The van der Waals surface area contributed by atoms with E-state index in [1.807, 2.05) is 68.4 Å². The van der Waals surface area contributed by atoms with Crippen LogP contribution >= 0.6 is 0 Å². The Labute approximate surface area is 182 Å². The summed E-state index contributed by atoms with van der Waals surface area (Å²) in [6.07, 6.45) is 0.378. The predicted molar refractivity (Wildman–Crippen MR) is 122 cm³/mol. The molecule has 5 heteroatoms. The summed E-state index contributed by atoms with van der Waals surface area (Å²) in [6, 6.07) is 17.8. The van der Waals surface area contributed by atoms with E-state index in [9.17, 15) is 14.7 Å². The number of carbonyl (C=O) groups excluding carboxylic acids is 2. The molecule has 4 rings (SSSR count). The highest BCUT2D eigenvalue weighted by Crippen LogP contribution is 2.45. The number of nitrogens with zero attached hydrogens (tertiary/aromatic N) is 1. The van der Waals surface area contributed by atoms with E-state index in [1.54, 1.807) is 4.90 Å². The van der Waals surface area contributed by atoms with Gasteiger partial charge < -0.3 is 14.7 Å². The maximum Gasteiger partial charge on any atom is 0.264 e. The zero-order valence-corrected chi connectivity index (χ0v) is 18.1. The van der Waals surface area contributed by atoms with Crippen molar-refractivity contribution in [3.05, 3.63) is 71.3 Å². The van der Waals surface area contributed by atoms with Crippen molar-refractivity contribution in [1.82, 2.24) is 0 Å². The fourth-order valence-corrected chi connectivity index (χ4v) is 4.54. The monoisotopic (exact) mass is 417 g/mol. The Kier molecular flexibility index (Phi) is 5.54. The molecule has 1 unspecified atom stereocenters. The van der Waals surface area contributed by atoms with Crippen molar-refractivity contribution in [1.29, 1.82) is 0 Å². The number of carbonyl (C=O) groups is 2. The van der Waals surface area contributed by atoms with Gasteiger partial charge in [-0.3, -0.25) is 9.59 Å². The predicted octanol–water partition coefficient (Wildman–Crippen LogP) is 4.44. The summed E-state index contributed by atoms with van der Waals surface area (Å²) in [5, 5.41) is 13.4. The Morgan fingerprint density at radius 3 is 2.61 bits per heavy atom. The molecule has 0 saturated carbocycles. The van der Waals surface area contributed by atoms with E-state index < -0.39 is 11.5 Å². The van der Waals surface area contributed by atoms with Gasteiger partial charge in [-0.25, -0.2) is 0 Å². The number of ketones is 1. The minimum absolute atomic E-state index is 0.218. The molecule has 0 aliphatic carbocycles. The Morgan fingerprint density at radius 2 is 1.84 bits per heavy atom. The molecular weight excluding hydrogens is 390 g/mol. The molecule has 0 fully saturated rings. The van der Waals surface area contributed by atoms with Gasteiger partial charge in [0.2, 0.25) is 0 Å². The van der Waals surface area contributed by atoms with Gasteiger partial charge in [-0.15, -0.1) is 0 Å². The Balaban J connectivity index is 1.52. The van der Waals surface area contributed by atoms with Crippen LogP contribution in [0.15, 0.2) is 54.6 Å². The Bertz CT molecular complexity index is 1160. The molecule has 1 heterocycles. The van der Waals surface area contributed by atoms with E-state index in [2.05, 4.69) is 0 Å². The highest BCUT2D eigenvalue weighted by molar-refractivity contribution is 6.09. The molecule has 0 radical (unpaired) electrons. The van der Waals surface area contributed by atoms with Crippen LogP contribution in [0, 0.1) is 13.8 Å². The van der Waals surface area contributed by atoms with Crippen molar-refractivity contribution in [3.8, 4) is 5.75 Å². The number of anilines is 1. The molecule has 3 aromatic carbocycles. The van der Waals surface area contributed by atoms with Crippen LogP contribution in [0.5, 0.6) is 5.75 Å². The van der Waals surface area contributed by atoms with Crippen molar-refractivity contribution in [2.75, 3.05) is 18.1 Å². The van der Waals surface area contributed by atoms with E-state index in [1.165, 1.54) is 6.92 Å². The van der Waals surface area contributed by atoms with Gasteiger partial charge in [0, 0.05) is 23.9 Å². The van der Waals surface area contributed by atoms with Crippen LogP contribution in [-0.4, -0.2) is 29.9 Å². The maximum atomic E-state index is 13.2. The van der Waals surface area contributed by atoms with Crippen molar-refractivity contribution in [2.24, 2.45) is 0 Å². The second-order valence-electron chi connectivity index (χ2n) is 8.35. The van der Waals surface area contributed by atoms with Gasteiger partial charge in [0.15, 0.2) is 5.60 Å². The highest BCUT2D eigenvalue weighted by Gasteiger charge is 2.50. The number of Topliss-reactive ketones (excluding diaryl/α,β-unsaturated/α-hetero) is 1. The molecule has 0 spiro atoms. The minimum Gasteiger partial charge on any atom is -0.493 e. The number of ether oxygens (including phenoxy) is 1. The summed E-state index contributed by atoms with van der Waals surface area (Å²) in [7, 11) is 0. The lowest BCUT2D eigenvalue weighted by Crippen LogP contribution is -2.42. The molecule has 1 aliphatic rings. The average molecular weight is 418 g/mol. The van der Waals surface area contributed by atoms with Gasteiger partial charge >= 0.3 is 0 Å². The second-order valence-corrected chi connectivity index (χ2v) is 8.35. The third-order valence-electron chi connectivity index (χ3n) is 5.80. The molecule has 0 saturated heterocycles. The largest absolute Gasteiger partial charge is 0.493 e. The van der Waals surface area contributed by atoms with Crippen molar-refractivity contribution in [3.63, 3.8) is 0 Å². The fraction of sp³-hybridized carbons (Fsp3) is 0.308. The number of amides is 1. The number of aryl methyl sites for hydroxylation is 2. The molecule has 5 nitrogen and oxygen atoms in total. The van der Waals surface area contributed by atoms with Crippen LogP contribution in [0.3, 0.4) is 0 Å². The fourth-order valence-electron chi connectivity index (χ4n) is 4.54. The molecular formula is C26H27NO4. The van der Waals surface area contributed by atoms with E-state index in [0.717, 1.165) is 27.6 Å². The number of benzene rings is 3. The summed E-state index contributed by atoms with van der Waals surface area (Å²) in [6.45, 7) is 6.09. The van der Waals surface area contributed by atoms with Crippen molar-refractivity contribution < 1.29 is 19.4 Å². The SMILES string of the molecule is CC(=O)CC1(O)C(=O)N(CCCOc2cccc3ccccc23)c2c(C)cc(C)cc21. The zero-order valence-electron chi connectivity index (χ0n) is 18.1. The molecule has 1 aliphatic heterocycles. The summed E-state index contributed by atoms with van der Waals surface area (Å²) in [4.78, 5) is 26.6. The molecule has 0 bridgehead atoms. The van der Waals surface area contributed by atoms with Gasteiger partial charge in [-0.2, -0.15) is 0 Å². The molecule has 1 atom stereocenters. The van der Waals surface area contributed by atoms with E-state index in [0.29, 0.717) is 30.8 Å². The molecule has 160 valence electrons. The number of aliphatic hydroxyl groups is 1. The number of hydrogen-bond acceptors (Lipinski definition) is 4. The Morgan fingerprint density at radius 1 is 1.10 bits per heavy atom. The van der Waals surface area contributed by atoms with Crippen molar-refractivity contribution in [2.45, 2.75) is 39.2 Å². The second kappa shape index (κ2) is 8.16. The lowest BCUT2D eigenvalue weighted by molar-refractivity contribution is -0.141. The van der Waals surface area contributed by atoms with Crippen LogP contribution in [0.1, 0.15) is 36.5 Å². The third-order valence-corrected chi connectivity index (χ3v) is 5.80. The van der Waals surface area contributed by atoms with Crippen LogP contribution in [0.25, 0.3) is 10.8 Å². The lowest BCUT2D eigenvalue weighted by atomic mass is 9.88. The first-order valence-corrected chi connectivity index (χ1v) is 10.6. The third kappa shape index (κ3) is 3.81. The number of fused-ring (bicyclic) bond motifs is 2. The smallest absolute Gasteiger partial charge is 0.264 e. The standard InChI is InChI=1S/C26H27NO4/c1-17-14-18(2)24-22(15-17)26(30,16-19(3)28)25(29)27(24)12-7-13-31-23-11-6-9-20-8-4-5-10-21(20)23/h4-6,8-11,14-15,30H,7,12-13,16H2,1-3H3. The van der Waals surface area contributed by atoms with E-state index in [4.69, 9.17) is 4.74 Å². The highest BCUT2D eigenvalue weighted by atomic mass is 16.5. The first kappa shape index (κ1) is 21.1. The van der Waals surface area contributed by atoms with Gasteiger partial charge in [-0.1, -0.05) is 54.1 Å². The molecule has 0 aromatic heterocycles. The number of hydrogen-bond donors (Lipinski definition) is 1. The zero-order chi connectivity index (χ0) is 22.2. The molecule has 1 amide bonds. The van der Waals surface area contributed by atoms with Gasteiger partial charge in [0.05, 0.1) is 12.3 Å². The molecule has 3 aromatic rings. The van der Waals surface area contributed by atoms with Crippen LogP contribution < -0.4 is 9.64 Å².